The average Bonchev–Trinajstić information content (AvgIpc) is 2.76. The summed E-state index contributed by atoms with van der Waals surface area (Å²) >= 11 is 0. The summed E-state index contributed by atoms with van der Waals surface area (Å²) in [5.74, 6) is 0.777. The molecule has 2 heterocycles. The van der Waals surface area contributed by atoms with Crippen LogP contribution < -0.4 is 15.6 Å². The predicted octanol–water partition coefficient (Wildman–Crippen LogP) is 2.45. The summed E-state index contributed by atoms with van der Waals surface area (Å²) < 4.78 is 6.71. The first kappa shape index (κ1) is 20.3. The molecule has 0 bridgehead atoms. The van der Waals surface area contributed by atoms with Gasteiger partial charge in [0, 0.05) is 43.5 Å². The second-order valence-electron chi connectivity index (χ2n) is 6.53. The summed E-state index contributed by atoms with van der Waals surface area (Å²) in [6.45, 7) is 0.923. The Balaban J connectivity index is 1.47. The minimum absolute atomic E-state index is 0.0433. The Bertz CT molecular complexity index is 1000. The van der Waals surface area contributed by atoms with Gasteiger partial charge in [0.25, 0.3) is 5.56 Å². The number of carbonyl (C=O) groups excluding carboxylic acids is 1. The monoisotopic (exact) mass is 392 g/mol. The first-order valence-corrected chi connectivity index (χ1v) is 9.54. The van der Waals surface area contributed by atoms with Crippen LogP contribution in [0.15, 0.2) is 65.7 Å². The molecule has 1 amide bonds. The highest BCUT2D eigenvalue weighted by atomic mass is 16.5. The summed E-state index contributed by atoms with van der Waals surface area (Å²) in [5.41, 5.74) is 2.47. The molecule has 0 aliphatic heterocycles. The van der Waals surface area contributed by atoms with E-state index < -0.39 is 0 Å². The molecule has 1 aromatic carbocycles. The number of ether oxygens (including phenoxy) is 1. The van der Waals surface area contributed by atoms with Gasteiger partial charge in [0.1, 0.15) is 5.75 Å². The van der Waals surface area contributed by atoms with Crippen LogP contribution in [0.1, 0.15) is 18.4 Å². The molecule has 0 aliphatic rings. The van der Waals surface area contributed by atoms with Gasteiger partial charge in [0.2, 0.25) is 5.91 Å². The number of hydrogen-bond acceptors (Lipinski definition) is 5. The SMILES string of the molecule is COc1ccccc1CCNC(=O)CCCn1nc(-c2ccncc2)ccc1=O. The van der Waals surface area contributed by atoms with Crippen LogP contribution >= 0.6 is 0 Å². The molecule has 7 nitrogen and oxygen atoms in total. The van der Waals surface area contributed by atoms with E-state index in [9.17, 15) is 9.59 Å². The van der Waals surface area contributed by atoms with Crippen molar-refractivity contribution in [2.75, 3.05) is 13.7 Å². The summed E-state index contributed by atoms with van der Waals surface area (Å²) in [6.07, 6.45) is 4.93. The molecule has 29 heavy (non-hydrogen) atoms. The van der Waals surface area contributed by atoms with E-state index in [0.29, 0.717) is 38.0 Å². The first-order valence-electron chi connectivity index (χ1n) is 9.54. The van der Waals surface area contributed by atoms with E-state index >= 15 is 0 Å². The van der Waals surface area contributed by atoms with Gasteiger partial charge in [-0.1, -0.05) is 18.2 Å². The highest BCUT2D eigenvalue weighted by molar-refractivity contribution is 5.75. The Labute approximate surface area is 169 Å². The van der Waals surface area contributed by atoms with Crippen LogP contribution in [0.5, 0.6) is 5.75 Å². The molecule has 0 unspecified atom stereocenters. The number of amides is 1. The molecule has 0 saturated heterocycles. The average molecular weight is 392 g/mol. The van der Waals surface area contributed by atoms with Crippen molar-refractivity contribution in [3.8, 4) is 17.0 Å². The van der Waals surface area contributed by atoms with E-state index in [1.54, 1.807) is 25.6 Å². The smallest absolute Gasteiger partial charge is 0.266 e. The number of rotatable bonds is 9. The van der Waals surface area contributed by atoms with Crippen molar-refractivity contribution in [2.24, 2.45) is 0 Å². The number of benzene rings is 1. The normalized spacial score (nSPS) is 10.5. The van der Waals surface area contributed by atoms with E-state index in [2.05, 4.69) is 15.4 Å². The fraction of sp³-hybridized carbons (Fsp3) is 0.273. The quantitative estimate of drug-likeness (QED) is 0.605. The van der Waals surface area contributed by atoms with Gasteiger partial charge in [-0.3, -0.25) is 14.6 Å². The molecule has 150 valence electrons. The standard InChI is InChI=1S/C22H24N4O3/c1-29-20-6-3-2-5-18(20)12-15-24-21(27)7-4-16-26-22(28)9-8-19(25-26)17-10-13-23-14-11-17/h2-3,5-6,8-11,13-14H,4,7,12,15-16H2,1H3,(H,24,27). The number of carbonyl (C=O) groups is 1. The van der Waals surface area contributed by atoms with Crippen LogP contribution in [0.4, 0.5) is 0 Å². The highest BCUT2D eigenvalue weighted by Crippen LogP contribution is 2.17. The van der Waals surface area contributed by atoms with Crippen molar-refractivity contribution in [1.29, 1.82) is 0 Å². The van der Waals surface area contributed by atoms with Gasteiger partial charge in [0.15, 0.2) is 0 Å². The van der Waals surface area contributed by atoms with Crippen LogP contribution in [0.2, 0.25) is 0 Å². The Hall–Kier alpha value is -3.48. The molecule has 0 aliphatic carbocycles. The van der Waals surface area contributed by atoms with Gasteiger partial charge in [-0.25, -0.2) is 4.68 Å². The molecule has 0 spiro atoms. The van der Waals surface area contributed by atoms with Gasteiger partial charge >= 0.3 is 0 Å². The second-order valence-corrected chi connectivity index (χ2v) is 6.53. The predicted molar refractivity (Wildman–Crippen MR) is 111 cm³/mol. The molecule has 3 rings (SSSR count). The number of hydrogen-bond donors (Lipinski definition) is 1. The van der Waals surface area contributed by atoms with Crippen LogP contribution in [-0.4, -0.2) is 34.3 Å². The van der Waals surface area contributed by atoms with E-state index in [-0.39, 0.29) is 11.5 Å². The molecule has 1 N–H and O–H groups in total. The number of para-hydroxylation sites is 1. The van der Waals surface area contributed by atoms with Crippen molar-refractivity contribution in [2.45, 2.75) is 25.8 Å². The molecule has 0 saturated carbocycles. The number of nitrogens with one attached hydrogen (secondary N) is 1. The maximum Gasteiger partial charge on any atom is 0.266 e. The Morgan fingerprint density at radius 3 is 2.69 bits per heavy atom. The molecular formula is C22H24N4O3. The van der Waals surface area contributed by atoms with Gasteiger partial charge in [-0.05, 0) is 42.7 Å². The zero-order valence-electron chi connectivity index (χ0n) is 16.4. The lowest BCUT2D eigenvalue weighted by Gasteiger charge is -2.09. The third-order valence-corrected chi connectivity index (χ3v) is 4.53. The van der Waals surface area contributed by atoms with E-state index in [1.165, 1.54) is 10.7 Å². The molecule has 0 radical (unpaired) electrons. The van der Waals surface area contributed by atoms with E-state index in [1.807, 2.05) is 36.4 Å². The lowest BCUT2D eigenvalue weighted by Crippen LogP contribution is -2.27. The van der Waals surface area contributed by atoms with Gasteiger partial charge in [0.05, 0.1) is 12.8 Å². The van der Waals surface area contributed by atoms with Crippen molar-refractivity contribution in [3.05, 3.63) is 76.8 Å². The van der Waals surface area contributed by atoms with Gasteiger partial charge in [-0.2, -0.15) is 5.10 Å². The maximum absolute atomic E-state index is 12.1. The van der Waals surface area contributed by atoms with Crippen LogP contribution in [0.3, 0.4) is 0 Å². The minimum atomic E-state index is -0.181. The number of nitrogens with zero attached hydrogens (tertiary/aromatic N) is 3. The lowest BCUT2D eigenvalue weighted by molar-refractivity contribution is -0.121. The van der Waals surface area contributed by atoms with Crippen molar-refractivity contribution >= 4 is 5.91 Å². The van der Waals surface area contributed by atoms with Gasteiger partial charge in [-0.15, -0.1) is 0 Å². The number of methoxy groups -OCH3 is 1. The third-order valence-electron chi connectivity index (χ3n) is 4.53. The zero-order chi connectivity index (χ0) is 20.5. The topological polar surface area (TPSA) is 86.1 Å². The van der Waals surface area contributed by atoms with Crippen LogP contribution in [0, 0.1) is 0 Å². The second kappa shape index (κ2) is 10.2. The van der Waals surface area contributed by atoms with E-state index in [4.69, 9.17) is 4.74 Å². The minimum Gasteiger partial charge on any atom is -0.496 e. The summed E-state index contributed by atoms with van der Waals surface area (Å²) in [4.78, 5) is 28.1. The Morgan fingerprint density at radius 2 is 1.90 bits per heavy atom. The highest BCUT2D eigenvalue weighted by Gasteiger charge is 2.06. The largest absolute Gasteiger partial charge is 0.496 e. The fourth-order valence-corrected chi connectivity index (χ4v) is 3.01. The number of pyridine rings is 1. The number of aryl methyl sites for hydroxylation is 1. The van der Waals surface area contributed by atoms with Crippen molar-refractivity contribution in [3.63, 3.8) is 0 Å². The summed E-state index contributed by atoms with van der Waals surface area (Å²) in [7, 11) is 1.64. The van der Waals surface area contributed by atoms with Crippen molar-refractivity contribution in [1.82, 2.24) is 20.1 Å². The van der Waals surface area contributed by atoms with Crippen molar-refractivity contribution < 1.29 is 9.53 Å². The summed E-state index contributed by atoms with van der Waals surface area (Å²) in [6, 6.07) is 14.6. The third kappa shape index (κ3) is 5.75. The molecule has 7 heteroatoms. The molecule has 2 aromatic heterocycles. The number of aromatic nitrogens is 3. The van der Waals surface area contributed by atoms with E-state index in [0.717, 1.165) is 16.9 Å². The molecule has 3 aromatic rings. The van der Waals surface area contributed by atoms with Crippen LogP contribution in [0.25, 0.3) is 11.3 Å². The van der Waals surface area contributed by atoms with Gasteiger partial charge < -0.3 is 10.1 Å². The zero-order valence-corrected chi connectivity index (χ0v) is 16.4. The summed E-state index contributed by atoms with van der Waals surface area (Å²) in [5, 5.41) is 7.30. The Kier molecular flexibility index (Phi) is 7.10. The molecule has 0 fully saturated rings. The maximum atomic E-state index is 12.1. The molecule has 0 atom stereocenters. The Morgan fingerprint density at radius 1 is 1.10 bits per heavy atom. The van der Waals surface area contributed by atoms with Crippen LogP contribution in [-0.2, 0) is 17.8 Å². The lowest BCUT2D eigenvalue weighted by atomic mass is 10.1. The first-order chi connectivity index (χ1) is 14.2. The fourth-order valence-electron chi connectivity index (χ4n) is 3.01. The molecular weight excluding hydrogens is 368 g/mol.